The lowest BCUT2D eigenvalue weighted by molar-refractivity contribution is 0.0291. The average Bonchev–Trinajstić information content (AvgIpc) is 3.26. The lowest BCUT2D eigenvalue weighted by Crippen LogP contribution is -2.30. The third-order valence-corrected chi connectivity index (χ3v) is 6.00. The van der Waals surface area contributed by atoms with E-state index in [1.54, 1.807) is 13.3 Å². The van der Waals surface area contributed by atoms with E-state index in [0.29, 0.717) is 0 Å². The standard InChI is InChI=1S/C27H27F3N4O2/c1-15(2)36-26(19-6-7-24(16(3)8-19)33-12-17(4)32-14-33)21-11-31-13-34(27(21)35)18(5)20-9-22(28)25(30)23(29)10-20/h6-15,18,26H,1-5H3. The molecule has 2 aromatic carbocycles. The van der Waals surface area contributed by atoms with Gasteiger partial charge in [-0.25, -0.2) is 23.1 Å². The highest BCUT2D eigenvalue weighted by Gasteiger charge is 2.24. The molecule has 0 saturated heterocycles. The number of benzene rings is 2. The maximum atomic E-state index is 13.8. The van der Waals surface area contributed by atoms with Crippen molar-refractivity contribution >= 4 is 0 Å². The lowest BCUT2D eigenvalue weighted by atomic mass is 10.00. The summed E-state index contributed by atoms with van der Waals surface area (Å²) in [5, 5.41) is 0. The Morgan fingerprint density at radius 3 is 2.22 bits per heavy atom. The molecular weight excluding hydrogens is 469 g/mol. The van der Waals surface area contributed by atoms with Crippen molar-refractivity contribution in [3.8, 4) is 5.69 Å². The van der Waals surface area contributed by atoms with Gasteiger partial charge in [-0.3, -0.25) is 9.36 Å². The van der Waals surface area contributed by atoms with E-state index in [0.717, 1.165) is 34.6 Å². The highest BCUT2D eigenvalue weighted by molar-refractivity contribution is 5.45. The zero-order valence-corrected chi connectivity index (χ0v) is 20.7. The van der Waals surface area contributed by atoms with Crippen LogP contribution in [0.3, 0.4) is 0 Å². The Bertz CT molecular complexity index is 1440. The van der Waals surface area contributed by atoms with Gasteiger partial charge in [0, 0.05) is 18.1 Å². The number of halogens is 3. The molecule has 9 heteroatoms. The van der Waals surface area contributed by atoms with Crippen molar-refractivity contribution in [3.63, 3.8) is 0 Å². The quantitative estimate of drug-likeness (QED) is 0.313. The molecule has 6 nitrogen and oxygen atoms in total. The normalized spacial score (nSPS) is 13.2. The second kappa shape index (κ2) is 10.1. The van der Waals surface area contributed by atoms with Crippen LogP contribution in [0.1, 0.15) is 60.9 Å². The molecule has 0 aliphatic rings. The minimum absolute atomic E-state index is 0.101. The van der Waals surface area contributed by atoms with Crippen molar-refractivity contribution < 1.29 is 17.9 Å². The molecule has 2 aromatic heterocycles. The molecule has 0 aliphatic heterocycles. The van der Waals surface area contributed by atoms with Crippen LogP contribution in [-0.2, 0) is 4.74 Å². The van der Waals surface area contributed by atoms with Gasteiger partial charge in [0.05, 0.1) is 36.1 Å². The number of nitrogens with zero attached hydrogens (tertiary/aromatic N) is 4. The largest absolute Gasteiger partial charge is 0.366 e. The molecule has 188 valence electrons. The Morgan fingerprint density at radius 2 is 1.64 bits per heavy atom. The van der Waals surface area contributed by atoms with E-state index in [2.05, 4.69) is 9.97 Å². The van der Waals surface area contributed by atoms with Gasteiger partial charge >= 0.3 is 0 Å². The van der Waals surface area contributed by atoms with Gasteiger partial charge < -0.3 is 9.30 Å². The Morgan fingerprint density at radius 1 is 0.944 bits per heavy atom. The van der Waals surface area contributed by atoms with Gasteiger partial charge in [0.25, 0.3) is 5.56 Å². The van der Waals surface area contributed by atoms with E-state index < -0.39 is 35.2 Å². The fourth-order valence-corrected chi connectivity index (χ4v) is 4.16. The fourth-order valence-electron chi connectivity index (χ4n) is 4.16. The van der Waals surface area contributed by atoms with Crippen molar-refractivity contribution in [1.29, 1.82) is 0 Å². The minimum Gasteiger partial charge on any atom is -0.366 e. The first-order chi connectivity index (χ1) is 17.1. The number of aromatic nitrogens is 4. The molecule has 2 unspecified atom stereocenters. The molecule has 0 bridgehead atoms. The molecule has 0 radical (unpaired) electrons. The number of aryl methyl sites for hydroxylation is 2. The van der Waals surface area contributed by atoms with Gasteiger partial charge in [0.15, 0.2) is 17.5 Å². The predicted molar refractivity (Wildman–Crippen MR) is 130 cm³/mol. The van der Waals surface area contributed by atoms with Crippen molar-refractivity contribution in [3.05, 3.63) is 111 Å². The van der Waals surface area contributed by atoms with Gasteiger partial charge in [-0.15, -0.1) is 0 Å². The van der Waals surface area contributed by atoms with Gasteiger partial charge in [-0.1, -0.05) is 12.1 Å². The van der Waals surface area contributed by atoms with Crippen LogP contribution >= 0.6 is 0 Å². The smallest absolute Gasteiger partial charge is 0.260 e. The Balaban J connectivity index is 1.77. The molecule has 2 atom stereocenters. The first-order valence-electron chi connectivity index (χ1n) is 11.5. The molecule has 36 heavy (non-hydrogen) atoms. The number of rotatable bonds is 7. The highest BCUT2D eigenvalue weighted by Crippen LogP contribution is 2.29. The summed E-state index contributed by atoms with van der Waals surface area (Å²) >= 11 is 0. The topological polar surface area (TPSA) is 61.9 Å². The molecule has 0 spiro atoms. The Labute approximate surface area is 207 Å². The molecule has 0 fully saturated rings. The van der Waals surface area contributed by atoms with Crippen LogP contribution in [0, 0.1) is 31.3 Å². The van der Waals surface area contributed by atoms with Crippen molar-refractivity contribution in [2.24, 2.45) is 0 Å². The zero-order valence-electron chi connectivity index (χ0n) is 20.7. The van der Waals surface area contributed by atoms with Crippen LogP contribution in [0.4, 0.5) is 13.2 Å². The number of ether oxygens (including phenoxy) is 1. The summed E-state index contributed by atoms with van der Waals surface area (Å²) in [6, 6.07) is 6.72. The molecule has 4 rings (SSSR count). The van der Waals surface area contributed by atoms with E-state index >= 15 is 0 Å². The van der Waals surface area contributed by atoms with Crippen LogP contribution in [-0.4, -0.2) is 25.2 Å². The van der Waals surface area contributed by atoms with Gasteiger partial charge in [0.2, 0.25) is 0 Å². The monoisotopic (exact) mass is 496 g/mol. The summed E-state index contributed by atoms with van der Waals surface area (Å²) < 4.78 is 50.5. The molecule has 2 heterocycles. The second-order valence-electron chi connectivity index (χ2n) is 9.07. The summed E-state index contributed by atoms with van der Waals surface area (Å²) in [7, 11) is 0. The third kappa shape index (κ3) is 4.97. The SMILES string of the molecule is Cc1cn(-c2ccc(C(OC(C)C)c3cncn(C(C)c4cc(F)c(F)c(F)c4)c3=O)cc2C)cn1. The third-order valence-electron chi connectivity index (χ3n) is 6.00. The predicted octanol–water partition coefficient (Wildman–Crippen LogP) is 5.59. The number of hydrogen-bond donors (Lipinski definition) is 0. The van der Waals surface area contributed by atoms with Crippen molar-refractivity contribution in [2.45, 2.75) is 52.9 Å². The second-order valence-corrected chi connectivity index (χ2v) is 9.07. The zero-order chi connectivity index (χ0) is 26.1. The van der Waals surface area contributed by atoms with E-state index in [1.165, 1.54) is 17.1 Å². The highest BCUT2D eigenvalue weighted by atomic mass is 19.2. The summed E-state index contributed by atoms with van der Waals surface area (Å²) in [5.74, 6) is -4.20. The number of hydrogen-bond acceptors (Lipinski definition) is 4. The molecule has 0 amide bonds. The molecule has 0 N–H and O–H groups in total. The van der Waals surface area contributed by atoms with Crippen molar-refractivity contribution in [2.75, 3.05) is 0 Å². The van der Waals surface area contributed by atoms with E-state index in [9.17, 15) is 18.0 Å². The summed E-state index contributed by atoms with van der Waals surface area (Å²) in [6.07, 6.45) is 5.44. The first-order valence-corrected chi connectivity index (χ1v) is 11.5. The molecule has 4 aromatic rings. The van der Waals surface area contributed by atoms with Gasteiger partial charge in [0.1, 0.15) is 6.10 Å². The van der Waals surface area contributed by atoms with E-state index in [4.69, 9.17) is 4.74 Å². The van der Waals surface area contributed by atoms with E-state index in [1.807, 2.05) is 56.7 Å². The molecule has 0 saturated carbocycles. The van der Waals surface area contributed by atoms with Crippen LogP contribution in [0.5, 0.6) is 0 Å². The first kappa shape index (κ1) is 25.4. The molecular formula is C27H27F3N4O2. The van der Waals surface area contributed by atoms with Crippen LogP contribution in [0.25, 0.3) is 5.69 Å². The van der Waals surface area contributed by atoms with Crippen molar-refractivity contribution in [1.82, 2.24) is 19.1 Å². The maximum Gasteiger partial charge on any atom is 0.260 e. The minimum atomic E-state index is -1.56. The Hall–Kier alpha value is -3.72. The Kier molecular flexibility index (Phi) is 7.12. The fraction of sp³-hybridized carbons (Fsp3) is 0.296. The van der Waals surface area contributed by atoms with Crippen LogP contribution < -0.4 is 5.56 Å². The summed E-state index contributed by atoms with van der Waals surface area (Å²) in [4.78, 5) is 22.0. The van der Waals surface area contributed by atoms with Gasteiger partial charge in [-0.2, -0.15) is 0 Å². The van der Waals surface area contributed by atoms with Crippen LogP contribution in [0.15, 0.2) is 60.2 Å². The lowest BCUT2D eigenvalue weighted by Gasteiger charge is -2.23. The summed E-state index contributed by atoms with van der Waals surface area (Å²) in [5.41, 5.74) is 3.49. The average molecular weight is 497 g/mol. The number of imidazole rings is 1. The van der Waals surface area contributed by atoms with E-state index in [-0.39, 0.29) is 17.2 Å². The van der Waals surface area contributed by atoms with Gasteiger partial charge in [-0.05, 0) is 69.5 Å². The van der Waals surface area contributed by atoms with Crippen LogP contribution in [0.2, 0.25) is 0 Å². The summed E-state index contributed by atoms with van der Waals surface area (Å²) in [6.45, 7) is 9.19. The molecule has 0 aliphatic carbocycles. The maximum absolute atomic E-state index is 13.8.